The van der Waals surface area contributed by atoms with Crippen LogP contribution in [0.4, 0.5) is 0 Å². The van der Waals surface area contributed by atoms with Gasteiger partial charge in [0.15, 0.2) is 0 Å². The van der Waals surface area contributed by atoms with E-state index in [4.69, 9.17) is 0 Å². The normalized spacial score (nSPS) is 10.6. The van der Waals surface area contributed by atoms with E-state index in [0.717, 1.165) is 37.4 Å². The summed E-state index contributed by atoms with van der Waals surface area (Å²) in [5.74, 6) is 1.00. The summed E-state index contributed by atoms with van der Waals surface area (Å²) in [7, 11) is 0. The lowest BCUT2D eigenvalue weighted by Crippen LogP contribution is -2.13. The highest BCUT2D eigenvalue weighted by Gasteiger charge is 2.01. The lowest BCUT2D eigenvalue weighted by molar-refractivity contribution is 0.665. The Hall–Kier alpha value is -1.68. The molecule has 2 rings (SSSR count). The number of aromatic amines is 1. The maximum atomic E-state index is 4.37. The van der Waals surface area contributed by atoms with E-state index >= 15 is 0 Å². The summed E-state index contributed by atoms with van der Waals surface area (Å²) in [5, 5.41) is 3.35. The van der Waals surface area contributed by atoms with Crippen LogP contribution in [0.1, 0.15) is 30.4 Å². The van der Waals surface area contributed by atoms with E-state index in [9.17, 15) is 0 Å². The summed E-state index contributed by atoms with van der Waals surface area (Å²) < 4.78 is 0. The van der Waals surface area contributed by atoms with E-state index in [2.05, 4.69) is 27.2 Å². The van der Waals surface area contributed by atoms with E-state index < -0.39 is 0 Å². The molecule has 2 aromatic heterocycles. The number of H-pyrrole nitrogens is 1. The number of rotatable bonds is 6. The van der Waals surface area contributed by atoms with Crippen LogP contribution in [0.15, 0.2) is 30.7 Å². The molecule has 0 fully saturated rings. The zero-order chi connectivity index (χ0) is 11.9. The fourth-order valence-electron chi connectivity index (χ4n) is 1.68. The van der Waals surface area contributed by atoms with Crippen molar-refractivity contribution in [2.75, 3.05) is 6.54 Å². The largest absolute Gasteiger partial charge is 0.345 e. The molecule has 0 spiro atoms. The van der Waals surface area contributed by atoms with Crippen LogP contribution >= 0.6 is 0 Å². The van der Waals surface area contributed by atoms with Crippen molar-refractivity contribution < 1.29 is 0 Å². The second-order valence-electron chi connectivity index (χ2n) is 4.06. The predicted molar refractivity (Wildman–Crippen MR) is 67.6 cm³/mol. The molecule has 0 saturated carbocycles. The van der Waals surface area contributed by atoms with Crippen LogP contribution in [-0.2, 0) is 13.0 Å². The second kappa shape index (κ2) is 6.15. The highest BCUT2D eigenvalue weighted by atomic mass is 15.0. The molecule has 2 aromatic rings. The number of pyridine rings is 1. The van der Waals surface area contributed by atoms with Gasteiger partial charge in [0.2, 0.25) is 0 Å². The van der Waals surface area contributed by atoms with Gasteiger partial charge in [-0.05, 0) is 30.7 Å². The smallest absolute Gasteiger partial charge is 0.110 e. The van der Waals surface area contributed by atoms with Crippen molar-refractivity contribution in [3.8, 4) is 0 Å². The molecule has 0 aliphatic heterocycles. The second-order valence-corrected chi connectivity index (χ2v) is 4.06. The van der Waals surface area contributed by atoms with Crippen molar-refractivity contribution in [3.05, 3.63) is 47.8 Å². The van der Waals surface area contributed by atoms with E-state index in [1.54, 1.807) is 0 Å². The van der Waals surface area contributed by atoms with Crippen molar-refractivity contribution in [3.63, 3.8) is 0 Å². The first kappa shape index (κ1) is 11.8. The number of imidazole rings is 1. The molecule has 0 aliphatic carbocycles. The molecule has 0 saturated heterocycles. The Morgan fingerprint density at radius 3 is 2.88 bits per heavy atom. The Morgan fingerprint density at radius 2 is 2.12 bits per heavy atom. The van der Waals surface area contributed by atoms with Crippen LogP contribution in [0.5, 0.6) is 0 Å². The molecule has 4 heteroatoms. The summed E-state index contributed by atoms with van der Waals surface area (Å²) in [6.07, 6.45) is 7.50. The molecule has 0 atom stereocenters. The van der Waals surface area contributed by atoms with E-state index in [1.807, 2.05) is 30.7 Å². The highest BCUT2D eigenvalue weighted by Crippen LogP contribution is 2.05. The third-order valence-corrected chi connectivity index (χ3v) is 2.54. The molecule has 0 amide bonds. The summed E-state index contributed by atoms with van der Waals surface area (Å²) in [5.41, 5.74) is 2.37. The van der Waals surface area contributed by atoms with Crippen molar-refractivity contribution in [2.45, 2.75) is 26.3 Å². The summed E-state index contributed by atoms with van der Waals surface area (Å²) in [6.45, 7) is 4.06. The fraction of sp³-hybridized carbons (Fsp3) is 0.385. The number of nitrogens with one attached hydrogen (secondary N) is 2. The molecule has 0 bridgehead atoms. The Kier molecular flexibility index (Phi) is 4.27. The molecule has 17 heavy (non-hydrogen) atoms. The average Bonchev–Trinajstić information content (AvgIpc) is 2.79. The number of nitrogens with zero attached hydrogens (tertiary/aromatic N) is 2. The van der Waals surface area contributed by atoms with Gasteiger partial charge in [-0.3, -0.25) is 4.98 Å². The first-order chi connectivity index (χ1) is 8.38. The van der Waals surface area contributed by atoms with Crippen LogP contribution in [0, 0.1) is 0 Å². The molecule has 0 aromatic carbocycles. The van der Waals surface area contributed by atoms with Crippen molar-refractivity contribution in [1.82, 2.24) is 20.3 Å². The van der Waals surface area contributed by atoms with Gasteiger partial charge in [0.25, 0.3) is 0 Å². The Balaban J connectivity index is 1.90. The number of hydrogen-bond donors (Lipinski definition) is 2. The minimum absolute atomic E-state index is 0.830. The Labute approximate surface area is 102 Å². The average molecular weight is 230 g/mol. The fourth-order valence-corrected chi connectivity index (χ4v) is 1.68. The standard InChI is InChI=1S/C13H18N4/c1-2-5-15-9-12-10-16-13(17-12)8-11-3-6-14-7-4-11/h3-4,6-7,10,15H,2,5,8-9H2,1H3,(H,16,17). The molecule has 2 heterocycles. The van der Waals surface area contributed by atoms with Crippen molar-refractivity contribution in [1.29, 1.82) is 0 Å². The summed E-state index contributed by atoms with van der Waals surface area (Å²) in [6, 6.07) is 4.02. The van der Waals surface area contributed by atoms with E-state index in [-0.39, 0.29) is 0 Å². The maximum Gasteiger partial charge on any atom is 0.110 e. The maximum absolute atomic E-state index is 4.37. The molecule has 0 radical (unpaired) electrons. The first-order valence-electron chi connectivity index (χ1n) is 6.01. The van der Waals surface area contributed by atoms with Gasteiger partial charge in [-0.25, -0.2) is 4.98 Å². The zero-order valence-electron chi connectivity index (χ0n) is 10.1. The van der Waals surface area contributed by atoms with E-state index in [0.29, 0.717) is 0 Å². The van der Waals surface area contributed by atoms with Crippen molar-refractivity contribution in [2.24, 2.45) is 0 Å². The predicted octanol–water partition coefficient (Wildman–Crippen LogP) is 1.90. The molecule has 4 nitrogen and oxygen atoms in total. The molecule has 2 N–H and O–H groups in total. The third-order valence-electron chi connectivity index (χ3n) is 2.54. The van der Waals surface area contributed by atoms with Gasteiger partial charge in [0.1, 0.15) is 5.82 Å². The van der Waals surface area contributed by atoms with Crippen LogP contribution in [0.25, 0.3) is 0 Å². The lowest BCUT2D eigenvalue weighted by Gasteiger charge is -1.99. The Morgan fingerprint density at radius 1 is 1.29 bits per heavy atom. The number of aromatic nitrogens is 3. The van der Waals surface area contributed by atoms with Gasteiger partial charge >= 0.3 is 0 Å². The lowest BCUT2D eigenvalue weighted by atomic mass is 10.2. The van der Waals surface area contributed by atoms with Crippen LogP contribution in [0.3, 0.4) is 0 Å². The minimum atomic E-state index is 0.830. The zero-order valence-corrected chi connectivity index (χ0v) is 10.1. The molecule has 0 unspecified atom stereocenters. The minimum Gasteiger partial charge on any atom is -0.345 e. The van der Waals surface area contributed by atoms with Crippen LogP contribution in [0.2, 0.25) is 0 Å². The van der Waals surface area contributed by atoms with Crippen LogP contribution < -0.4 is 5.32 Å². The van der Waals surface area contributed by atoms with Gasteiger partial charge in [-0.1, -0.05) is 6.92 Å². The van der Waals surface area contributed by atoms with Gasteiger partial charge in [-0.2, -0.15) is 0 Å². The van der Waals surface area contributed by atoms with Gasteiger partial charge in [-0.15, -0.1) is 0 Å². The molecule has 90 valence electrons. The molecular weight excluding hydrogens is 212 g/mol. The van der Waals surface area contributed by atoms with Gasteiger partial charge in [0, 0.05) is 37.3 Å². The van der Waals surface area contributed by atoms with Crippen LogP contribution in [-0.4, -0.2) is 21.5 Å². The SMILES string of the molecule is CCCNCc1cnc(Cc2ccncc2)[nH]1. The molecular formula is C13H18N4. The quantitative estimate of drug-likeness (QED) is 0.745. The highest BCUT2D eigenvalue weighted by molar-refractivity contribution is 5.16. The third kappa shape index (κ3) is 3.67. The summed E-state index contributed by atoms with van der Waals surface area (Å²) >= 11 is 0. The van der Waals surface area contributed by atoms with E-state index in [1.165, 1.54) is 5.56 Å². The monoisotopic (exact) mass is 230 g/mol. The number of hydrogen-bond acceptors (Lipinski definition) is 3. The van der Waals surface area contributed by atoms with Gasteiger partial charge < -0.3 is 10.3 Å². The first-order valence-corrected chi connectivity index (χ1v) is 6.01. The Bertz CT molecular complexity index is 436. The molecule has 0 aliphatic rings. The topological polar surface area (TPSA) is 53.6 Å². The van der Waals surface area contributed by atoms with Gasteiger partial charge in [0.05, 0.1) is 0 Å². The summed E-state index contributed by atoms with van der Waals surface area (Å²) in [4.78, 5) is 11.7. The van der Waals surface area contributed by atoms with Crippen molar-refractivity contribution >= 4 is 0 Å².